The van der Waals surface area contributed by atoms with Crippen LogP contribution in [0.1, 0.15) is 38.8 Å². The molecule has 30 heavy (non-hydrogen) atoms. The summed E-state index contributed by atoms with van der Waals surface area (Å²) in [5.41, 5.74) is 2.92. The van der Waals surface area contributed by atoms with Crippen molar-refractivity contribution < 1.29 is 13.9 Å². The zero-order valence-corrected chi connectivity index (χ0v) is 17.9. The average Bonchev–Trinajstić information content (AvgIpc) is 3.05. The fraction of sp³-hybridized carbons (Fsp3) is 0.273. The highest BCUT2D eigenvalue weighted by Crippen LogP contribution is 2.28. The van der Waals surface area contributed by atoms with Crippen LogP contribution in [0.2, 0.25) is 0 Å². The van der Waals surface area contributed by atoms with Gasteiger partial charge in [-0.1, -0.05) is 12.1 Å². The predicted octanol–water partition coefficient (Wildman–Crippen LogP) is 3.71. The van der Waals surface area contributed by atoms with E-state index in [1.807, 2.05) is 26.0 Å². The Balaban J connectivity index is 1.86. The summed E-state index contributed by atoms with van der Waals surface area (Å²) in [5.74, 6) is -0.457. The van der Waals surface area contributed by atoms with Gasteiger partial charge in [0.05, 0.1) is 24.9 Å². The summed E-state index contributed by atoms with van der Waals surface area (Å²) >= 11 is 1.15. The van der Waals surface area contributed by atoms with Crippen LogP contribution in [0.4, 0.5) is 0 Å². The Morgan fingerprint density at radius 2 is 1.97 bits per heavy atom. The minimum absolute atomic E-state index is 0.163. The molecule has 8 heteroatoms. The van der Waals surface area contributed by atoms with E-state index < -0.39 is 11.6 Å². The van der Waals surface area contributed by atoms with E-state index in [0.29, 0.717) is 31.8 Å². The van der Waals surface area contributed by atoms with Crippen LogP contribution in [0.15, 0.2) is 38.5 Å². The molecule has 7 nitrogen and oxygen atoms in total. The highest BCUT2D eigenvalue weighted by molar-refractivity contribution is 7.20. The number of carbonyl (C=O) groups is 1. The maximum absolute atomic E-state index is 13.2. The van der Waals surface area contributed by atoms with Crippen molar-refractivity contribution in [3.63, 3.8) is 0 Å². The number of fused-ring (bicyclic) bond motifs is 2. The monoisotopic (exact) mass is 424 g/mol. The largest absolute Gasteiger partial charge is 0.462 e. The van der Waals surface area contributed by atoms with Gasteiger partial charge in [-0.05, 0) is 49.9 Å². The van der Waals surface area contributed by atoms with Gasteiger partial charge in [0, 0.05) is 11.5 Å². The first kappa shape index (κ1) is 20.0. The maximum atomic E-state index is 13.2. The zero-order valence-electron chi connectivity index (χ0n) is 17.1. The number of thiophene rings is 1. The van der Waals surface area contributed by atoms with Gasteiger partial charge < -0.3 is 9.15 Å². The first-order chi connectivity index (χ1) is 14.3. The molecule has 0 bridgehead atoms. The van der Waals surface area contributed by atoms with Gasteiger partial charge in [0.15, 0.2) is 0 Å². The molecule has 0 saturated carbocycles. The number of carbonyl (C=O) groups excluding carboxylic acids is 1. The normalized spacial score (nSPS) is 11.3. The molecule has 0 amide bonds. The zero-order chi connectivity index (χ0) is 21.6. The van der Waals surface area contributed by atoms with E-state index in [0.717, 1.165) is 27.8 Å². The molecular weight excluding hydrogens is 404 g/mol. The van der Waals surface area contributed by atoms with Gasteiger partial charge in [-0.3, -0.25) is 9.36 Å². The van der Waals surface area contributed by atoms with Crippen molar-refractivity contribution in [3.8, 4) is 0 Å². The molecule has 0 atom stereocenters. The first-order valence-electron chi connectivity index (χ1n) is 9.50. The molecule has 4 aromatic rings. The van der Waals surface area contributed by atoms with E-state index in [-0.39, 0.29) is 18.7 Å². The molecule has 0 aliphatic heterocycles. The van der Waals surface area contributed by atoms with E-state index in [1.165, 1.54) is 17.0 Å². The van der Waals surface area contributed by atoms with Gasteiger partial charge in [0.2, 0.25) is 0 Å². The highest BCUT2D eigenvalue weighted by Gasteiger charge is 2.20. The van der Waals surface area contributed by atoms with Gasteiger partial charge in [0.1, 0.15) is 15.3 Å². The first-order valence-corrected chi connectivity index (χ1v) is 10.3. The van der Waals surface area contributed by atoms with Crippen LogP contribution < -0.4 is 11.2 Å². The average molecular weight is 424 g/mol. The number of esters is 1. The summed E-state index contributed by atoms with van der Waals surface area (Å²) in [4.78, 5) is 42.7. The summed E-state index contributed by atoms with van der Waals surface area (Å²) in [6.45, 7) is 7.72. The third-order valence-electron chi connectivity index (χ3n) is 5.24. The minimum atomic E-state index is -0.468. The molecule has 1 aromatic carbocycles. The van der Waals surface area contributed by atoms with Crippen LogP contribution in [0, 0.1) is 20.8 Å². The second-order valence-corrected chi connectivity index (χ2v) is 8.11. The number of hydrogen-bond acceptors (Lipinski definition) is 7. The Hall–Kier alpha value is -3.26. The van der Waals surface area contributed by atoms with Crippen molar-refractivity contribution >= 4 is 38.5 Å². The van der Waals surface area contributed by atoms with E-state index in [1.54, 1.807) is 13.8 Å². The lowest BCUT2D eigenvalue weighted by molar-refractivity contribution is 0.0531. The summed E-state index contributed by atoms with van der Waals surface area (Å²) in [6, 6.07) is 5.25. The van der Waals surface area contributed by atoms with Gasteiger partial charge in [-0.2, -0.15) is 0 Å². The van der Waals surface area contributed by atoms with Crippen molar-refractivity contribution in [2.24, 2.45) is 0 Å². The topological polar surface area (TPSA) is 91.4 Å². The molecule has 0 aliphatic rings. The lowest BCUT2D eigenvalue weighted by Gasteiger charge is -2.10. The van der Waals surface area contributed by atoms with E-state index in [2.05, 4.69) is 4.98 Å². The molecule has 0 fully saturated rings. The van der Waals surface area contributed by atoms with Crippen LogP contribution in [0.5, 0.6) is 0 Å². The SMILES string of the molecule is CCOC(=O)c1sc2ncn(Cc3cc(=O)oc4c(C)c(C)ccc34)c(=O)c2c1C. The van der Waals surface area contributed by atoms with Gasteiger partial charge in [-0.15, -0.1) is 11.3 Å². The Kier molecular flexibility index (Phi) is 5.03. The summed E-state index contributed by atoms with van der Waals surface area (Å²) in [7, 11) is 0. The molecule has 154 valence electrons. The van der Waals surface area contributed by atoms with E-state index in [9.17, 15) is 14.4 Å². The number of aromatic nitrogens is 2. The third-order valence-corrected chi connectivity index (χ3v) is 6.42. The third kappa shape index (κ3) is 3.23. The molecule has 4 rings (SSSR count). The van der Waals surface area contributed by atoms with Crippen LogP contribution in [0.25, 0.3) is 21.2 Å². The van der Waals surface area contributed by atoms with Crippen molar-refractivity contribution in [2.75, 3.05) is 6.61 Å². The van der Waals surface area contributed by atoms with Gasteiger partial charge in [0.25, 0.3) is 5.56 Å². The van der Waals surface area contributed by atoms with Crippen LogP contribution in [-0.4, -0.2) is 22.1 Å². The predicted molar refractivity (Wildman–Crippen MR) is 116 cm³/mol. The number of aryl methyl sites for hydroxylation is 3. The minimum Gasteiger partial charge on any atom is -0.462 e. The molecular formula is C22H20N2O5S. The maximum Gasteiger partial charge on any atom is 0.348 e. The van der Waals surface area contributed by atoms with Crippen LogP contribution >= 0.6 is 11.3 Å². The van der Waals surface area contributed by atoms with E-state index in [4.69, 9.17) is 9.15 Å². The molecule has 3 heterocycles. The quantitative estimate of drug-likeness (QED) is 0.366. The Morgan fingerprint density at radius 1 is 1.20 bits per heavy atom. The van der Waals surface area contributed by atoms with Gasteiger partial charge >= 0.3 is 11.6 Å². The molecule has 0 radical (unpaired) electrons. The second-order valence-electron chi connectivity index (χ2n) is 7.11. The number of benzene rings is 1. The van der Waals surface area contributed by atoms with Crippen molar-refractivity contribution in [2.45, 2.75) is 34.2 Å². The summed E-state index contributed by atoms with van der Waals surface area (Å²) in [5, 5.41) is 1.17. The molecule has 3 aromatic heterocycles. The Bertz CT molecular complexity index is 1430. The summed E-state index contributed by atoms with van der Waals surface area (Å²) in [6.07, 6.45) is 1.44. The smallest absolute Gasteiger partial charge is 0.348 e. The molecule has 0 saturated heterocycles. The molecule has 0 spiro atoms. The number of rotatable bonds is 4. The number of ether oxygens (including phenoxy) is 1. The van der Waals surface area contributed by atoms with Gasteiger partial charge in [-0.25, -0.2) is 14.6 Å². The Morgan fingerprint density at radius 3 is 2.70 bits per heavy atom. The van der Waals surface area contributed by atoms with E-state index >= 15 is 0 Å². The van der Waals surface area contributed by atoms with Crippen molar-refractivity contribution in [1.82, 2.24) is 9.55 Å². The molecule has 0 N–H and O–H groups in total. The summed E-state index contributed by atoms with van der Waals surface area (Å²) < 4.78 is 11.9. The van der Waals surface area contributed by atoms with Crippen molar-refractivity contribution in [3.05, 3.63) is 72.4 Å². The number of hydrogen-bond donors (Lipinski definition) is 0. The highest BCUT2D eigenvalue weighted by atomic mass is 32.1. The molecule has 0 aliphatic carbocycles. The molecule has 0 unspecified atom stereocenters. The lowest BCUT2D eigenvalue weighted by Crippen LogP contribution is -2.22. The van der Waals surface area contributed by atoms with Crippen LogP contribution in [0.3, 0.4) is 0 Å². The van der Waals surface area contributed by atoms with Crippen molar-refractivity contribution in [1.29, 1.82) is 0 Å². The lowest BCUT2D eigenvalue weighted by atomic mass is 10.0. The number of nitrogens with zero attached hydrogens (tertiary/aromatic N) is 2. The fourth-order valence-corrected chi connectivity index (χ4v) is 4.54. The van der Waals surface area contributed by atoms with Crippen LogP contribution in [-0.2, 0) is 11.3 Å². The standard InChI is InChI=1S/C22H20N2O5S/c1-5-28-22(27)19-13(4)17-20(30-19)23-10-24(21(17)26)9-14-8-16(25)29-18-12(3)11(2)6-7-15(14)18/h6-8,10H,5,9H2,1-4H3. The Labute approximate surface area is 175 Å². The second kappa shape index (κ2) is 7.53. The fourth-order valence-electron chi connectivity index (χ4n) is 3.50.